The fraction of sp³-hybridized carbons (Fsp3) is 0.0556. The summed E-state index contributed by atoms with van der Waals surface area (Å²) < 4.78 is 0. The molecule has 0 atom stereocenters. The molecule has 0 saturated heterocycles. The molecule has 2 N–H and O–H groups in total. The van der Waals surface area contributed by atoms with E-state index in [0.29, 0.717) is 5.69 Å². The maximum absolute atomic E-state index is 11.6. The van der Waals surface area contributed by atoms with Crippen molar-refractivity contribution >= 4 is 16.8 Å². The Kier molecular flexibility index (Phi) is 3.44. The van der Waals surface area contributed by atoms with E-state index in [1.165, 1.54) is 0 Å². The molecule has 3 nitrogen and oxygen atoms in total. The van der Waals surface area contributed by atoms with Crippen molar-refractivity contribution in [1.29, 1.82) is 0 Å². The van der Waals surface area contributed by atoms with Gasteiger partial charge in [0.1, 0.15) is 5.69 Å². The lowest BCUT2D eigenvalue weighted by atomic mass is 10.1. The summed E-state index contributed by atoms with van der Waals surface area (Å²) in [6.45, 7) is 0. The summed E-state index contributed by atoms with van der Waals surface area (Å²) in [5, 5.41) is 3.59. The van der Waals surface area contributed by atoms with Crippen LogP contribution in [-0.4, -0.2) is 17.9 Å². The molecule has 0 spiro atoms. The number of H-pyrrole nitrogens is 1. The number of nitrogens with one attached hydrogen (secondary N) is 2. The second-order valence-corrected chi connectivity index (χ2v) is 4.68. The number of carbonyl (C=O) groups excluding carboxylic acids is 1. The highest BCUT2D eigenvalue weighted by atomic mass is 16.1. The first kappa shape index (κ1) is 13.0. The molecule has 0 aliphatic rings. The summed E-state index contributed by atoms with van der Waals surface area (Å²) in [6.07, 6.45) is 0. The fourth-order valence-electron chi connectivity index (χ4n) is 2.13. The van der Waals surface area contributed by atoms with Gasteiger partial charge in [-0.15, -0.1) is 0 Å². The van der Waals surface area contributed by atoms with Gasteiger partial charge in [0, 0.05) is 29.1 Å². The summed E-state index contributed by atoms with van der Waals surface area (Å²) in [5.74, 6) is 6.15. The Morgan fingerprint density at radius 2 is 1.76 bits per heavy atom. The lowest BCUT2D eigenvalue weighted by Crippen LogP contribution is -2.17. The van der Waals surface area contributed by atoms with Crippen LogP contribution in [-0.2, 0) is 0 Å². The van der Waals surface area contributed by atoms with E-state index >= 15 is 0 Å². The molecular weight excluding hydrogens is 260 g/mol. The highest BCUT2D eigenvalue weighted by Gasteiger charge is 2.07. The highest BCUT2D eigenvalue weighted by Crippen LogP contribution is 2.17. The van der Waals surface area contributed by atoms with Gasteiger partial charge < -0.3 is 10.3 Å². The van der Waals surface area contributed by atoms with Crippen LogP contribution in [0.25, 0.3) is 10.9 Å². The zero-order chi connectivity index (χ0) is 14.7. The van der Waals surface area contributed by atoms with Gasteiger partial charge in [-0.2, -0.15) is 0 Å². The monoisotopic (exact) mass is 274 g/mol. The van der Waals surface area contributed by atoms with Crippen molar-refractivity contribution in [3.8, 4) is 11.8 Å². The fourth-order valence-corrected chi connectivity index (χ4v) is 2.13. The van der Waals surface area contributed by atoms with Gasteiger partial charge in [0.25, 0.3) is 5.91 Å². The Hall–Kier alpha value is -2.99. The van der Waals surface area contributed by atoms with Gasteiger partial charge in [-0.05, 0) is 36.4 Å². The number of benzene rings is 2. The van der Waals surface area contributed by atoms with Crippen LogP contribution in [0, 0.1) is 11.8 Å². The number of hydrogen-bond acceptors (Lipinski definition) is 1. The number of rotatable bonds is 1. The van der Waals surface area contributed by atoms with Crippen molar-refractivity contribution in [2.45, 2.75) is 0 Å². The minimum absolute atomic E-state index is 0.122. The Bertz CT molecular complexity index is 851. The molecule has 21 heavy (non-hydrogen) atoms. The van der Waals surface area contributed by atoms with E-state index in [2.05, 4.69) is 22.1 Å². The van der Waals surface area contributed by atoms with Crippen LogP contribution in [0.2, 0.25) is 0 Å². The van der Waals surface area contributed by atoms with Crippen molar-refractivity contribution in [3.63, 3.8) is 0 Å². The average Bonchev–Trinajstić information content (AvgIpc) is 2.96. The minimum atomic E-state index is -0.122. The van der Waals surface area contributed by atoms with Crippen molar-refractivity contribution < 1.29 is 4.79 Å². The summed E-state index contributed by atoms with van der Waals surface area (Å²) in [7, 11) is 1.62. The largest absolute Gasteiger partial charge is 0.354 e. The third-order valence-corrected chi connectivity index (χ3v) is 3.22. The van der Waals surface area contributed by atoms with Gasteiger partial charge in [-0.1, -0.05) is 30.0 Å². The highest BCUT2D eigenvalue weighted by molar-refractivity contribution is 5.98. The van der Waals surface area contributed by atoms with E-state index in [4.69, 9.17) is 0 Å². The molecule has 3 rings (SSSR count). The molecule has 0 aliphatic heterocycles. The van der Waals surface area contributed by atoms with Crippen molar-refractivity contribution in [2.75, 3.05) is 7.05 Å². The molecule has 0 aliphatic carbocycles. The minimum Gasteiger partial charge on any atom is -0.354 e. The zero-order valence-corrected chi connectivity index (χ0v) is 11.6. The van der Waals surface area contributed by atoms with Crippen molar-refractivity contribution in [2.24, 2.45) is 0 Å². The normalized spacial score (nSPS) is 9.95. The molecular formula is C18H14N2O. The second-order valence-electron chi connectivity index (χ2n) is 4.68. The van der Waals surface area contributed by atoms with Crippen LogP contribution in [0.4, 0.5) is 0 Å². The predicted molar refractivity (Wildman–Crippen MR) is 84.1 cm³/mol. The molecule has 0 fully saturated rings. The summed E-state index contributed by atoms with van der Waals surface area (Å²) in [4.78, 5) is 14.7. The molecule has 102 valence electrons. The van der Waals surface area contributed by atoms with E-state index < -0.39 is 0 Å². The van der Waals surface area contributed by atoms with Crippen LogP contribution in [0.15, 0.2) is 54.6 Å². The molecule has 0 unspecified atom stereocenters. The van der Waals surface area contributed by atoms with E-state index in [1.54, 1.807) is 7.05 Å². The van der Waals surface area contributed by atoms with E-state index in [9.17, 15) is 4.79 Å². The molecule has 1 amide bonds. The van der Waals surface area contributed by atoms with Gasteiger partial charge >= 0.3 is 0 Å². The number of fused-ring (bicyclic) bond motifs is 1. The van der Waals surface area contributed by atoms with Gasteiger partial charge in [-0.25, -0.2) is 0 Å². The summed E-state index contributed by atoms with van der Waals surface area (Å²) in [6, 6.07) is 17.6. The molecule has 0 bridgehead atoms. The zero-order valence-electron chi connectivity index (χ0n) is 11.6. The van der Waals surface area contributed by atoms with Gasteiger partial charge in [0.05, 0.1) is 0 Å². The molecule has 0 saturated carbocycles. The maximum Gasteiger partial charge on any atom is 0.267 e. The molecule has 1 aromatic heterocycles. The van der Waals surface area contributed by atoms with E-state index in [-0.39, 0.29) is 5.91 Å². The van der Waals surface area contributed by atoms with Crippen LogP contribution in [0.3, 0.4) is 0 Å². The lowest BCUT2D eigenvalue weighted by Gasteiger charge is -1.92. The molecule has 2 aromatic carbocycles. The smallest absolute Gasteiger partial charge is 0.267 e. The predicted octanol–water partition coefficient (Wildman–Crippen LogP) is 2.93. The third-order valence-electron chi connectivity index (χ3n) is 3.22. The van der Waals surface area contributed by atoms with Crippen LogP contribution in [0.1, 0.15) is 21.6 Å². The first-order valence-corrected chi connectivity index (χ1v) is 6.68. The first-order valence-electron chi connectivity index (χ1n) is 6.68. The summed E-state index contributed by atoms with van der Waals surface area (Å²) >= 11 is 0. The molecule has 0 radical (unpaired) electrons. The van der Waals surface area contributed by atoms with Gasteiger partial charge in [0.15, 0.2) is 0 Å². The number of aromatic nitrogens is 1. The number of hydrogen-bond donors (Lipinski definition) is 2. The Labute approximate surface area is 123 Å². The number of carbonyl (C=O) groups is 1. The topological polar surface area (TPSA) is 44.9 Å². The van der Waals surface area contributed by atoms with Crippen molar-refractivity contribution in [3.05, 3.63) is 71.4 Å². The molecule has 1 heterocycles. The quantitative estimate of drug-likeness (QED) is 0.658. The van der Waals surface area contributed by atoms with Crippen LogP contribution >= 0.6 is 0 Å². The SMILES string of the molecule is CNC(=O)c1cc2cc(C#Cc3ccccc3)ccc2[nH]1. The molecule has 3 heteroatoms. The van der Waals surface area contributed by atoms with E-state index in [0.717, 1.165) is 22.0 Å². The van der Waals surface area contributed by atoms with Crippen molar-refractivity contribution in [1.82, 2.24) is 10.3 Å². The van der Waals surface area contributed by atoms with E-state index in [1.807, 2.05) is 54.6 Å². The van der Waals surface area contributed by atoms with Gasteiger partial charge in [0.2, 0.25) is 0 Å². The van der Waals surface area contributed by atoms with Crippen LogP contribution < -0.4 is 5.32 Å². The van der Waals surface area contributed by atoms with Crippen LogP contribution in [0.5, 0.6) is 0 Å². The number of amides is 1. The number of aromatic amines is 1. The lowest BCUT2D eigenvalue weighted by molar-refractivity contribution is 0.0959. The average molecular weight is 274 g/mol. The Morgan fingerprint density at radius 1 is 1.00 bits per heavy atom. The maximum atomic E-state index is 11.6. The Balaban J connectivity index is 1.95. The molecule has 3 aromatic rings. The Morgan fingerprint density at radius 3 is 2.52 bits per heavy atom. The first-order chi connectivity index (χ1) is 10.3. The third kappa shape index (κ3) is 2.80. The standard InChI is InChI=1S/C18H14N2O/c1-19-18(21)17-12-15-11-14(9-10-16(15)20-17)8-7-13-5-3-2-4-6-13/h2-6,9-12,20H,1H3,(H,19,21). The van der Waals surface area contributed by atoms with Gasteiger partial charge in [-0.3, -0.25) is 4.79 Å². The second kappa shape index (κ2) is 5.56. The summed E-state index contributed by atoms with van der Waals surface area (Å²) in [5.41, 5.74) is 3.39.